The minimum absolute atomic E-state index is 0.123. The second kappa shape index (κ2) is 6.82. The molecular weight excluding hydrogens is 314 g/mol. The summed E-state index contributed by atoms with van der Waals surface area (Å²) < 4.78 is 5.32. The minimum atomic E-state index is -0.123. The molecule has 1 unspecified atom stereocenters. The third-order valence-electron chi connectivity index (χ3n) is 7.56. The lowest BCUT2D eigenvalue weighted by Gasteiger charge is -2.47. The van der Waals surface area contributed by atoms with Crippen LogP contribution < -0.4 is 0 Å². The van der Waals surface area contributed by atoms with Crippen molar-refractivity contribution in [1.29, 1.82) is 0 Å². The van der Waals surface area contributed by atoms with E-state index in [4.69, 9.17) is 4.74 Å². The van der Waals surface area contributed by atoms with Gasteiger partial charge in [-0.15, -0.1) is 0 Å². The van der Waals surface area contributed by atoms with E-state index in [1.165, 1.54) is 45.3 Å². The summed E-state index contributed by atoms with van der Waals surface area (Å²) >= 11 is 0. The van der Waals surface area contributed by atoms with Gasteiger partial charge in [-0.25, -0.2) is 0 Å². The van der Waals surface area contributed by atoms with Crippen LogP contribution in [0.2, 0.25) is 0 Å². The molecule has 3 heterocycles. The number of fused-ring (bicyclic) bond motifs is 1. The van der Waals surface area contributed by atoms with E-state index in [0.29, 0.717) is 5.91 Å². The smallest absolute Gasteiger partial charge is 0.230 e. The number of piperidine rings is 1. The lowest BCUT2D eigenvalue weighted by atomic mass is 9.60. The summed E-state index contributed by atoms with van der Waals surface area (Å²) in [6, 6.07) is 0. The molecule has 25 heavy (non-hydrogen) atoms. The standard InChI is InChI=1S/C20H35N3O2/c1-3-23-11-8-20(18(23)24)16-22(12-13-25-2)15-19(20)6-9-21(10-7-19)14-17-4-5-17/h17H,3-16H2,1-2H3. The Morgan fingerprint density at radius 3 is 2.44 bits per heavy atom. The molecule has 0 aromatic rings. The highest BCUT2D eigenvalue weighted by atomic mass is 16.5. The molecule has 4 fully saturated rings. The summed E-state index contributed by atoms with van der Waals surface area (Å²) in [7, 11) is 1.78. The number of ether oxygens (including phenoxy) is 1. The fourth-order valence-electron chi connectivity index (χ4n) is 5.81. The summed E-state index contributed by atoms with van der Waals surface area (Å²) in [6.45, 7) is 11.4. The van der Waals surface area contributed by atoms with Crippen molar-refractivity contribution in [3.05, 3.63) is 0 Å². The van der Waals surface area contributed by atoms with Gasteiger partial charge in [0.2, 0.25) is 5.91 Å². The molecule has 0 aromatic heterocycles. The van der Waals surface area contributed by atoms with Crippen molar-refractivity contribution >= 4 is 5.91 Å². The molecule has 3 aliphatic heterocycles. The maximum absolute atomic E-state index is 13.4. The summed E-state index contributed by atoms with van der Waals surface area (Å²) in [6.07, 6.45) is 6.32. The Hall–Kier alpha value is -0.650. The van der Waals surface area contributed by atoms with E-state index < -0.39 is 0 Å². The van der Waals surface area contributed by atoms with Gasteiger partial charge < -0.3 is 14.5 Å². The molecule has 142 valence electrons. The van der Waals surface area contributed by atoms with Crippen LogP contribution in [0.4, 0.5) is 0 Å². The van der Waals surface area contributed by atoms with Crippen LogP contribution in [0.15, 0.2) is 0 Å². The number of hydrogen-bond donors (Lipinski definition) is 0. The van der Waals surface area contributed by atoms with Gasteiger partial charge in [-0.1, -0.05) is 0 Å². The normalized spacial score (nSPS) is 33.2. The maximum atomic E-state index is 13.4. The maximum Gasteiger partial charge on any atom is 0.230 e. The predicted molar refractivity (Wildman–Crippen MR) is 98.5 cm³/mol. The van der Waals surface area contributed by atoms with Crippen LogP contribution in [0.5, 0.6) is 0 Å². The van der Waals surface area contributed by atoms with Crippen LogP contribution in [-0.2, 0) is 9.53 Å². The topological polar surface area (TPSA) is 36.0 Å². The molecule has 5 nitrogen and oxygen atoms in total. The highest BCUT2D eigenvalue weighted by molar-refractivity contribution is 5.86. The third-order valence-corrected chi connectivity index (χ3v) is 7.56. The Morgan fingerprint density at radius 2 is 1.84 bits per heavy atom. The molecule has 2 spiro atoms. The summed E-state index contributed by atoms with van der Waals surface area (Å²) in [5.41, 5.74) is 0.0736. The zero-order chi connectivity index (χ0) is 17.5. The van der Waals surface area contributed by atoms with E-state index in [1.54, 1.807) is 7.11 Å². The first-order valence-corrected chi connectivity index (χ1v) is 10.4. The molecule has 4 aliphatic rings. The number of rotatable bonds is 6. The van der Waals surface area contributed by atoms with Crippen molar-refractivity contribution in [2.75, 3.05) is 66.1 Å². The first kappa shape index (κ1) is 17.7. The Balaban J connectivity index is 1.52. The molecule has 0 radical (unpaired) electrons. The molecule has 5 heteroatoms. The number of hydrogen-bond acceptors (Lipinski definition) is 4. The summed E-state index contributed by atoms with van der Waals surface area (Å²) in [5, 5.41) is 0. The van der Waals surface area contributed by atoms with Crippen LogP contribution in [0, 0.1) is 16.7 Å². The lowest BCUT2D eigenvalue weighted by molar-refractivity contribution is -0.142. The quantitative estimate of drug-likeness (QED) is 0.731. The van der Waals surface area contributed by atoms with Crippen molar-refractivity contribution in [3.63, 3.8) is 0 Å². The van der Waals surface area contributed by atoms with E-state index in [2.05, 4.69) is 21.6 Å². The Bertz CT molecular complexity index is 499. The highest BCUT2D eigenvalue weighted by Crippen LogP contribution is 2.57. The van der Waals surface area contributed by atoms with Gasteiger partial charge in [-0.3, -0.25) is 9.69 Å². The largest absolute Gasteiger partial charge is 0.383 e. The molecule has 0 aromatic carbocycles. The summed E-state index contributed by atoms with van der Waals surface area (Å²) in [4.78, 5) is 20.7. The number of likely N-dealkylation sites (tertiary alicyclic amines) is 3. The fraction of sp³-hybridized carbons (Fsp3) is 0.950. The molecule has 1 amide bonds. The third kappa shape index (κ3) is 3.02. The zero-order valence-corrected chi connectivity index (χ0v) is 16.1. The molecule has 1 saturated carbocycles. The highest BCUT2D eigenvalue weighted by Gasteiger charge is 2.64. The van der Waals surface area contributed by atoms with Gasteiger partial charge in [0.25, 0.3) is 0 Å². The number of nitrogens with zero attached hydrogens (tertiary/aromatic N) is 3. The Labute approximate surface area is 152 Å². The second-order valence-electron chi connectivity index (χ2n) is 8.94. The molecule has 4 rings (SSSR count). The average Bonchev–Trinajstić information content (AvgIpc) is 3.31. The summed E-state index contributed by atoms with van der Waals surface area (Å²) in [5.74, 6) is 1.42. The fourth-order valence-corrected chi connectivity index (χ4v) is 5.81. The zero-order valence-electron chi connectivity index (χ0n) is 16.1. The Morgan fingerprint density at radius 1 is 1.08 bits per heavy atom. The molecule has 1 aliphatic carbocycles. The van der Waals surface area contributed by atoms with Gasteiger partial charge in [0.15, 0.2) is 0 Å². The van der Waals surface area contributed by atoms with E-state index in [-0.39, 0.29) is 10.8 Å². The van der Waals surface area contributed by atoms with Gasteiger partial charge in [0.05, 0.1) is 12.0 Å². The van der Waals surface area contributed by atoms with Crippen LogP contribution >= 0.6 is 0 Å². The number of carbonyl (C=O) groups is 1. The predicted octanol–water partition coefficient (Wildman–Crippen LogP) is 1.68. The number of amides is 1. The van der Waals surface area contributed by atoms with Gasteiger partial charge in [-0.2, -0.15) is 0 Å². The number of methoxy groups -OCH3 is 1. The SMILES string of the molecule is CCN1CCC2(CN(CCOC)CC23CCN(CC2CC2)CC3)C1=O. The van der Waals surface area contributed by atoms with E-state index >= 15 is 0 Å². The number of carbonyl (C=O) groups excluding carboxylic acids is 1. The second-order valence-corrected chi connectivity index (χ2v) is 8.94. The Kier molecular flexibility index (Phi) is 4.84. The van der Waals surface area contributed by atoms with Crippen LogP contribution in [0.1, 0.15) is 39.0 Å². The first-order valence-electron chi connectivity index (χ1n) is 10.4. The van der Waals surface area contributed by atoms with Crippen molar-refractivity contribution in [1.82, 2.24) is 14.7 Å². The first-order chi connectivity index (χ1) is 12.1. The monoisotopic (exact) mass is 349 g/mol. The van der Waals surface area contributed by atoms with E-state index in [0.717, 1.165) is 51.7 Å². The van der Waals surface area contributed by atoms with Gasteiger partial charge >= 0.3 is 0 Å². The molecular formula is C20H35N3O2. The molecule has 1 atom stereocenters. The van der Waals surface area contributed by atoms with E-state index in [1.807, 2.05) is 0 Å². The van der Waals surface area contributed by atoms with Gasteiger partial charge in [-0.05, 0) is 58.0 Å². The lowest BCUT2D eigenvalue weighted by Crippen LogP contribution is -2.53. The minimum Gasteiger partial charge on any atom is -0.383 e. The van der Waals surface area contributed by atoms with Crippen molar-refractivity contribution in [2.24, 2.45) is 16.7 Å². The van der Waals surface area contributed by atoms with Crippen molar-refractivity contribution in [2.45, 2.75) is 39.0 Å². The molecule has 3 saturated heterocycles. The van der Waals surface area contributed by atoms with E-state index in [9.17, 15) is 4.79 Å². The van der Waals surface area contributed by atoms with Gasteiger partial charge in [0, 0.05) is 51.8 Å². The van der Waals surface area contributed by atoms with Gasteiger partial charge in [0.1, 0.15) is 0 Å². The van der Waals surface area contributed by atoms with Crippen molar-refractivity contribution < 1.29 is 9.53 Å². The average molecular weight is 350 g/mol. The molecule has 0 bridgehead atoms. The van der Waals surface area contributed by atoms with Crippen molar-refractivity contribution in [3.8, 4) is 0 Å². The van der Waals surface area contributed by atoms with Crippen LogP contribution in [-0.4, -0.2) is 86.7 Å². The molecule has 0 N–H and O–H groups in total. The van der Waals surface area contributed by atoms with Crippen LogP contribution in [0.25, 0.3) is 0 Å². The van der Waals surface area contributed by atoms with Crippen LogP contribution in [0.3, 0.4) is 0 Å².